The first-order valence-electron chi connectivity index (χ1n) is 6.01. The maximum atomic E-state index is 12.5. The molecule has 2 heterocycles. The third kappa shape index (κ3) is 2.94. The lowest BCUT2D eigenvalue weighted by Gasteiger charge is -2.15. The minimum Gasteiger partial charge on any atom is -0.326 e. The van der Waals surface area contributed by atoms with Crippen LogP contribution in [-0.4, -0.2) is 24.8 Å². The second-order valence-corrected chi connectivity index (χ2v) is 8.85. The molecule has 20 heavy (non-hydrogen) atoms. The summed E-state index contributed by atoms with van der Waals surface area (Å²) in [5, 5.41) is 0. The van der Waals surface area contributed by atoms with Gasteiger partial charge in [0.25, 0.3) is 10.0 Å². The summed E-state index contributed by atoms with van der Waals surface area (Å²) >= 11 is 2.71. The van der Waals surface area contributed by atoms with Gasteiger partial charge in [-0.1, -0.05) is 0 Å². The zero-order valence-electron chi connectivity index (χ0n) is 11.6. The maximum absolute atomic E-state index is 12.5. The molecule has 0 aromatic carbocycles. The lowest BCUT2D eigenvalue weighted by Crippen LogP contribution is -2.25. The number of rotatable bonds is 5. The Kier molecular flexibility index (Phi) is 4.60. The predicted molar refractivity (Wildman–Crippen MR) is 82.5 cm³/mol. The Bertz CT molecular complexity index is 703. The Morgan fingerprint density at radius 2 is 2.05 bits per heavy atom. The molecule has 0 atom stereocenters. The topological polar surface area (TPSA) is 76.3 Å². The molecule has 2 rings (SSSR count). The second-order valence-electron chi connectivity index (χ2n) is 4.50. The van der Waals surface area contributed by atoms with E-state index in [0.29, 0.717) is 17.3 Å². The lowest BCUT2D eigenvalue weighted by atomic mass is 10.3. The number of hydrogen-bond donors (Lipinski definition) is 1. The van der Waals surface area contributed by atoms with Crippen LogP contribution in [0.25, 0.3) is 0 Å². The Morgan fingerprint density at radius 1 is 1.35 bits per heavy atom. The molecule has 2 aromatic rings. The molecule has 8 heteroatoms. The molecular weight excluding hydrogens is 314 g/mol. The third-order valence-corrected chi connectivity index (χ3v) is 7.49. The molecule has 0 aliphatic rings. The Balaban J connectivity index is 2.27. The van der Waals surface area contributed by atoms with Gasteiger partial charge in [-0.15, -0.1) is 22.7 Å². The van der Waals surface area contributed by atoms with Gasteiger partial charge in [-0.05, 0) is 25.5 Å². The monoisotopic (exact) mass is 331 g/mol. The van der Waals surface area contributed by atoms with Gasteiger partial charge in [0.15, 0.2) is 0 Å². The minimum atomic E-state index is -3.47. The number of nitrogens with zero attached hydrogens (tertiary/aromatic N) is 2. The molecule has 0 aliphatic carbocycles. The van der Waals surface area contributed by atoms with E-state index in [1.54, 1.807) is 18.6 Å². The molecule has 0 amide bonds. The Hall–Kier alpha value is -0.800. The molecule has 2 aromatic heterocycles. The van der Waals surface area contributed by atoms with E-state index in [9.17, 15) is 8.42 Å². The van der Waals surface area contributed by atoms with Crippen molar-refractivity contribution >= 4 is 32.7 Å². The first kappa shape index (κ1) is 15.6. The summed E-state index contributed by atoms with van der Waals surface area (Å²) in [5.41, 5.74) is 9.14. The molecule has 0 bridgehead atoms. The SMILES string of the molecule is Cc1cc(S(=O)(=O)N(C)Cc2scnc2C)sc1CN. The highest BCUT2D eigenvalue weighted by Gasteiger charge is 2.24. The van der Waals surface area contributed by atoms with E-state index in [1.165, 1.54) is 27.0 Å². The van der Waals surface area contributed by atoms with Gasteiger partial charge in [0.2, 0.25) is 0 Å². The number of aryl methyl sites for hydroxylation is 2. The van der Waals surface area contributed by atoms with Crippen LogP contribution in [0.4, 0.5) is 0 Å². The summed E-state index contributed by atoms with van der Waals surface area (Å²) < 4.78 is 26.8. The van der Waals surface area contributed by atoms with E-state index in [-0.39, 0.29) is 0 Å². The van der Waals surface area contributed by atoms with Crippen molar-refractivity contribution in [3.05, 3.63) is 32.6 Å². The highest BCUT2D eigenvalue weighted by atomic mass is 32.2. The maximum Gasteiger partial charge on any atom is 0.252 e. The fourth-order valence-corrected chi connectivity index (χ4v) is 5.47. The molecule has 2 N–H and O–H groups in total. The van der Waals surface area contributed by atoms with Crippen LogP contribution < -0.4 is 5.73 Å². The minimum absolute atomic E-state index is 0.341. The highest BCUT2D eigenvalue weighted by molar-refractivity contribution is 7.91. The van der Waals surface area contributed by atoms with Crippen LogP contribution in [0.5, 0.6) is 0 Å². The summed E-state index contributed by atoms with van der Waals surface area (Å²) in [5.74, 6) is 0. The quantitative estimate of drug-likeness (QED) is 0.910. The van der Waals surface area contributed by atoms with E-state index in [1.807, 2.05) is 13.8 Å². The standard InChI is InChI=1S/C12H17N3O2S3/c1-8-4-12(19-10(8)5-13)20(16,17)15(3)6-11-9(2)14-7-18-11/h4,7H,5-6,13H2,1-3H3. The summed E-state index contributed by atoms with van der Waals surface area (Å²) in [6.07, 6.45) is 0. The van der Waals surface area contributed by atoms with Gasteiger partial charge in [-0.3, -0.25) is 0 Å². The van der Waals surface area contributed by atoms with Crippen LogP contribution in [0.2, 0.25) is 0 Å². The van der Waals surface area contributed by atoms with E-state index in [0.717, 1.165) is 21.0 Å². The lowest BCUT2D eigenvalue weighted by molar-refractivity contribution is 0.470. The largest absolute Gasteiger partial charge is 0.326 e. The van der Waals surface area contributed by atoms with E-state index >= 15 is 0 Å². The van der Waals surface area contributed by atoms with Crippen molar-refractivity contribution < 1.29 is 8.42 Å². The zero-order valence-corrected chi connectivity index (χ0v) is 14.0. The summed E-state index contributed by atoms with van der Waals surface area (Å²) in [6.45, 7) is 4.47. The fraction of sp³-hybridized carbons (Fsp3) is 0.417. The molecule has 0 fully saturated rings. The fourth-order valence-electron chi connectivity index (χ4n) is 1.74. The average molecular weight is 331 g/mol. The number of sulfonamides is 1. The van der Waals surface area contributed by atoms with Gasteiger partial charge >= 0.3 is 0 Å². The highest BCUT2D eigenvalue weighted by Crippen LogP contribution is 2.29. The molecule has 0 unspecified atom stereocenters. The number of nitrogens with two attached hydrogens (primary N) is 1. The molecule has 110 valence electrons. The van der Waals surface area contributed by atoms with Crippen LogP contribution in [0.15, 0.2) is 15.8 Å². The van der Waals surface area contributed by atoms with Crippen molar-refractivity contribution in [1.29, 1.82) is 0 Å². The normalized spacial score (nSPS) is 12.2. The van der Waals surface area contributed by atoms with Crippen molar-refractivity contribution in [3.63, 3.8) is 0 Å². The van der Waals surface area contributed by atoms with Crippen molar-refractivity contribution in [3.8, 4) is 0 Å². The van der Waals surface area contributed by atoms with E-state index in [4.69, 9.17) is 5.73 Å². The molecule has 0 saturated carbocycles. The van der Waals surface area contributed by atoms with E-state index in [2.05, 4.69) is 4.98 Å². The number of thiophene rings is 1. The molecular formula is C12H17N3O2S3. The van der Waals surface area contributed by atoms with Crippen LogP contribution in [0.1, 0.15) is 21.0 Å². The number of hydrogen-bond acceptors (Lipinski definition) is 6. The van der Waals surface area contributed by atoms with Crippen molar-refractivity contribution in [1.82, 2.24) is 9.29 Å². The Labute approximate surface area is 127 Å². The van der Waals surface area contributed by atoms with Gasteiger partial charge in [0.05, 0.1) is 11.2 Å². The molecule has 0 aliphatic heterocycles. The van der Waals surface area contributed by atoms with E-state index < -0.39 is 10.0 Å². The Morgan fingerprint density at radius 3 is 2.55 bits per heavy atom. The van der Waals surface area contributed by atoms with Gasteiger partial charge < -0.3 is 5.73 Å². The van der Waals surface area contributed by atoms with Crippen LogP contribution >= 0.6 is 22.7 Å². The predicted octanol–water partition coefficient (Wildman–Crippen LogP) is 2.10. The van der Waals surface area contributed by atoms with Gasteiger partial charge in [-0.2, -0.15) is 4.31 Å². The summed E-state index contributed by atoms with van der Waals surface area (Å²) in [6, 6.07) is 1.69. The second kappa shape index (κ2) is 5.90. The third-order valence-electron chi connectivity index (χ3n) is 3.06. The van der Waals surface area contributed by atoms with Crippen LogP contribution in [0.3, 0.4) is 0 Å². The van der Waals surface area contributed by atoms with Crippen LogP contribution in [-0.2, 0) is 23.1 Å². The van der Waals surface area contributed by atoms with Gasteiger partial charge in [0, 0.05) is 29.9 Å². The van der Waals surface area contributed by atoms with Gasteiger partial charge in [0.1, 0.15) is 4.21 Å². The van der Waals surface area contributed by atoms with Crippen LogP contribution in [0, 0.1) is 13.8 Å². The first-order valence-corrected chi connectivity index (χ1v) is 9.14. The summed E-state index contributed by atoms with van der Waals surface area (Å²) in [7, 11) is -1.88. The zero-order chi connectivity index (χ0) is 14.9. The molecule has 0 radical (unpaired) electrons. The summed E-state index contributed by atoms with van der Waals surface area (Å²) in [4.78, 5) is 6.01. The average Bonchev–Trinajstić information content (AvgIpc) is 2.96. The molecule has 5 nitrogen and oxygen atoms in total. The number of thiazole rings is 1. The van der Waals surface area contributed by atoms with Crippen molar-refractivity contribution in [2.24, 2.45) is 5.73 Å². The first-order chi connectivity index (χ1) is 9.36. The van der Waals surface area contributed by atoms with Crippen molar-refractivity contribution in [2.45, 2.75) is 31.1 Å². The smallest absolute Gasteiger partial charge is 0.252 e. The molecule has 0 saturated heterocycles. The van der Waals surface area contributed by atoms with Crippen molar-refractivity contribution in [2.75, 3.05) is 7.05 Å². The molecule has 0 spiro atoms. The van der Waals surface area contributed by atoms with Gasteiger partial charge in [-0.25, -0.2) is 13.4 Å². The number of aromatic nitrogens is 1.